The molecule has 0 saturated carbocycles. The minimum absolute atomic E-state index is 0. The lowest BCUT2D eigenvalue weighted by Gasteiger charge is -2.38. The van der Waals surface area contributed by atoms with Crippen molar-refractivity contribution in [3.63, 3.8) is 0 Å². The Labute approximate surface area is 179 Å². The Morgan fingerprint density at radius 1 is 1.00 bits per heavy atom. The fraction of sp³-hybridized carbons (Fsp3) is 0.391. The summed E-state index contributed by atoms with van der Waals surface area (Å²) >= 11 is 0. The maximum absolute atomic E-state index is 13.1. The molecule has 2 aromatic rings. The van der Waals surface area contributed by atoms with Gasteiger partial charge in [-0.3, -0.25) is 9.59 Å². The van der Waals surface area contributed by atoms with Gasteiger partial charge in [-0.1, -0.05) is 37.3 Å². The molecular weight excluding hydrogens is 386 g/mol. The van der Waals surface area contributed by atoms with E-state index in [2.05, 4.69) is 6.92 Å². The molecule has 0 aliphatic carbocycles. The van der Waals surface area contributed by atoms with E-state index in [9.17, 15) is 9.59 Å². The average molecular weight is 416 g/mol. The second kappa shape index (κ2) is 11.0. The van der Waals surface area contributed by atoms with Crippen LogP contribution in [0.15, 0.2) is 54.6 Å². The molecule has 5 nitrogen and oxygen atoms in total. The largest absolute Gasteiger partial charge is 0.338 e. The second-order valence-corrected chi connectivity index (χ2v) is 7.29. The van der Waals surface area contributed by atoms with Crippen LogP contribution in [0.3, 0.4) is 0 Å². The third-order valence-corrected chi connectivity index (χ3v) is 5.38. The highest BCUT2D eigenvalue weighted by molar-refractivity contribution is 5.95. The summed E-state index contributed by atoms with van der Waals surface area (Å²) in [5, 5.41) is 0. The quantitative estimate of drug-likeness (QED) is 0.781. The Morgan fingerprint density at radius 2 is 1.62 bits per heavy atom. The number of nitrogens with two attached hydrogens (primary N) is 1. The molecule has 2 N–H and O–H groups in total. The summed E-state index contributed by atoms with van der Waals surface area (Å²) in [5.41, 5.74) is 8.10. The van der Waals surface area contributed by atoms with Crippen molar-refractivity contribution in [3.8, 4) is 0 Å². The monoisotopic (exact) mass is 415 g/mol. The minimum atomic E-state index is 0. The number of amides is 2. The van der Waals surface area contributed by atoms with Crippen LogP contribution in [0.4, 0.5) is 0 Å². The number of carbonyl (C=O) groups excluding carboxylic acids is 2. The molecular formula is C23H30ClN3O2. The van der Waals surface area contributed by atoms with Gasteiger partial charge in [-0.15, -0.1) is 12.4 Å². The lowest BCUT2D eigenvalue weighted by molar-refractivity contribution is 0.0519. The summed E-state index contributed by atoms with van der Waals surface area (Å²) in [6.45, 7) is 4.65. The van der Waals surface area contributed by atoms with E-state index in [0.717, 1.165) is 36.9 Å². The molecule has 0 atom stereocenters. The number of hydrogen-bond acceptors (Lipinski definition) is 3. The highest BCUT2D eigenvalue weighted by Gasteiger charge is 2.30. The van der Waals surface area contributed by atoms with Crippen molar-refractivity contribution in [1.82, 2.24) is 9.80 Å². The van der Waals surface area contributed by atoms with Gasteiger partial charge in [0.2, 0.25) is 0 Å². The molecule has 0 aromatic heterocycles. The summed E-state index contributed by atoms with van der Waals surface area (Å²) in [7, 11) is 0. The van der Waals surface area contributed by atoms with Crippen LogP contribution in [-0.4, -0.2) is 47.3 Å². The molecule has 6 heteroatoms. The molecule has 1 aliphatic heterocycles. The SMILES string of the molecule is CCCN(C(=O)c1ccc(CN)cc1)C1CCN(C(=O)c2ccccc2)CC1.Cl. The van der Waals surface area contributed by atoms with Crippen molar-refractivity contribution in [2.75, 3.05) is 19.6 Å². The fourth-order valence-corrected chi connectivity index (χ4v) is 3.78. The number of piperidine rings is 1. The number of nitrogens with zero attached hydrogens (tertiary/aromatic N) is 2. The lowest BCUT2D eigenvalue weighted by Crippen LogP contribution is -2.49. The zero-order valence-electron chi connectivity index (χ0n) is 16.9. The van der Waals surface area contributed by atoms with Crippen LogP contribution in [0.2, 0.25) is 0 Å². The molecule has 0 unspecified atom stereocenters. The van der Waals surface area contributed by atoms with Crippen LogP contribution in [0, 0.1) is 0 Å². The van der Waals surface area contributed by atoms with E-state index >= 15 is 0 Å². The van der Waals surface area contributed by atoms with Crippen LogP contribution in [0.1, 0.15) is 52.5 Å². The predicted octanol–water partition coefficient (Wildman–Crippen LogP) is 3.72. The molecule has 2 amide bonds. The first kappa shape index (κ1) is 22.9. The number of hydrogen-bond donors (Lipinski definition) is 1. The Morgan fingerprint density at radius 3 is 2.17 bits per heavy atom. The molecule has 3 rings (SSSR count). The zero-order valence-corrected chi connectivity index (χ0v) is 17.7. The van der Waals surface area contributed by atoms with Gasteiger partial charge >= 0.3 is 0 Å². The van der Waals surface area contributed by atoms with E-state index in [0.29, 0.717) is 25.2 Å². The topological polar surface area (TPSA) is 66.6 Å². The summed E-state index contributed by atoms with van der Waals surface area (Å²) < 4.78 is 0. The highest BCUT2D eigenvalue weighted by atomic mass is 35.5. The highest BCUT2D eigenvalue weighted by Crippen LogP contribution is 2.21. The van der Waals surface area contributed by atoms with E-state index in [4.69, 9.17) is 5.73 Å². The number of benzene rings is 2. The van der Waals surface area contributed by atoms with Gasteiger partial charge in [-0.25, -0.2) is 0 Å². The third-order valence-electron chi connectivity index (χ3n) is 5.38. The van der Waals surface area contributed by atoms with Crippen LogP contribution < -0.4 is 5.73 Å². The maximum atomic E-state index is 13.1. The van der Waals surface area contributed by atoms with Crippen LogP contribution in [0.25, 0.3) is 0 Å². The molecule has 29 heavy (non-hydrogen) atoms. The molecule has 2 aromatic carbocycles. The van der Waals surface area contributed by atoms with Gasteiger partial charge in [0.15, 0.2) is 0 Å². The van der Waals surface area contributed by atoms with E-state index in [-0.39, 0.29) is 30.3 Å². The number of likely N-dealkylation sites (tertiary alicyclic amines) is 1. The summed E-state index contributed by atoms with van der Waals surface area (Å²) in [6, 6.07) is 17.1. The Balaban J connectivity index is 0.00000300. The molecule has 1 fully saturated rings. The van der Waals surface area contributed by atoms with E-state index < -0.39 is 0 Å². The maximum Gasteiger partial charge on any atom is 0.254 e. The molecule has 1 heterocycles. The number of carbonyl (C=O) groups is 2. The van der Waals surface area contributed by atoms with Crippen LogP contribution in [-0.2, 0) is 6.54 Å². The van der Waals surface area contributed by atoms with Crippen molar-refractivity contribution >= 4 is 24.2 Å². The van der Waals surface area contributed by atoms with Gasteiger partial charge in [-0.2, -0.15) is 0 Å². The second-order valence-electron chi connectivity index (χ2n) is 7.29. The molecule has 0 spiro atoms. The first-order valence-electron chi connectivity index (χ1n) is 10.1. The van der Waals surface area contributed by atoms with Crippen molar-refractivity contribution in [1.29, 1.82) is 0 Å². The smallest absolute Gasteiger partial charge is 0.254 e. The Bertz CT molecular complexity index is 788. The first-order valence-corrected chi connectivity index (χ1v) is 10.1. The van der Waals surface area contributed by atoms with E-state index in [1.807, 2.05) is 64.4 Å². The molecule has 0 radical (unpaired) electrons. The van der Waals surface area contributed by atoms with Gasteiger partial charge in [-0.05, 0) is 49.1 Å². The van der Waals surface area contributed by atoms with Crippen molar-refractivity contribution in [2.24, 2.45) is 5.73 Å². The number of halogens is 1. The van der Waals surface area contributed by atoms with Gasteiger partial charge in [0.25, 0.3) is 11.8 Å². The van der Waals surface area contributed by atoms with Gasteiger partial charge < -0.3 is 15.5 Å². The third kappa shape index (κ3) is 5.58. The average Bonchev–Trinajstić information content (AvgIpc) is 2.77. The predicted molar refractivity (Wildman–Crippen MR) is 118 cm³/mol. The lowest BCUT2D eigenvalue weighted by atomic mass is 10.0. The summed E-state index contributed by atoms with van der Waals surface area (Å²) in [4.78, 5) is 29.6. The molecule has 1 aliphatic rings. The Kier molecular flexibility index (Phi) is 8.68. The molecule has 156 valence electrons. The summed E-state index contributed by atoms with van der Waals surface area (Å²) in [6.07, 6.45) is 2.53. The van der Waals surface area contributed by atoms with Crippen molar-refractivity contribution in [3.05, 3.63) is 71.3 Å². The molecule has 1 saturated heterocycles. The summed E-state index contributed by atoms with van der Waals surface area (Å²) in [5.74, 6) is 0.142. The van der Waals surface area contributed by atoms with Crippen molar-refractivity contribution < 1.29 is 9.59 Å². The standard InChI is InChI=1S/C23H29N3O2.ClH/c1-2-14-26(23(28)20-10-8-18(17-24)9-11-20)21-12-15-25(16-13-21)22(27)19-6-4-3-5-7-19;/h3-11,21H,2,12-17,24H2,1H3;1H. The zero-order chi connectivity index (χ0) is 19.9. The Hall–Kier alpha value is -2.37. The molecule has 0 bridgehead atoms. The van der Waals surface area contributed by atoms with Crippen molar-refractivity contribution in [2.45, 2.75) is 38.8 Å². The van der Waals surface area contributed by atoms with Gasteiger partial charge in [0.1, 0.15) is 0 Å². The van der Waals surface area contributed by atoms with Crippen LogP contribution >= 0.6 is 12.4 Å². The fourth-order valence-electron chi connectivity index (χ4n) is 3.78. The first-order chi connectivity index (χ1) is 13.6. The van der Waals surface area contributed by atoms with E-state index in [1.54, 1.807) is 0 Å². The number of rotatable bonds is 6. The van der Waals surface area contributed by atoms with Gasteiger partial charge in [0, 0.05) is 43.3 Å². The van der Waals surface area contributed by atoms with Crippen LogP contribution in [0.5, 0.6) is 0 Å². The minimum Gasteiger partial charge on any atom is -0.338 e. The normalized spacial score (nSPS) is 14.2. The van der Waals surface area contributed by atoms with Gasteiger partial charge in [0.05, 0.1) is 0 Å². The van der Waals surface area contributed by atoms with E-state index in [1.165, 1.54) is 0 Å².